The predicted octanol–water partition coefficient (Wildman–Crippen LogP) is 3.30. The highest BCUT2D eigenvalue weighted by atomic mass is 16.5. The van der Waals surface area contributed by atoms with Gasteiger partial charge in [-0.25, -0.2) is 4.79 Å². The van der Waals surface area contributed by atoms with Crippen molar-refractivity contribution in [2.24, 2.45) is 5.41 Å². The third-order valence-electron chi connectivity index (χ3n) is 4.52. The van der Waals surface area contributed by atoms with E-state index in [0.29, 0.717) is 5.57 Å². The number of carbonyl (C=O) groups is 1. The summed E-state index contributed by atoms with van der Waals surface area (Å²) >= 11 is 0. The third kappa shape index (κ3) is 1.43. The van der Waals surface area contributed by atoms with Gasteiger partial charge in [0.2, 0.25) is 0 Å². The van der Waals surface area contributed by atoms with Gasteiger partial charge in [0.25, 0.3) is 0 Å². The molecule has 0 aromatic heterocycles. The molecule has 1 aliphatic heterocycles. The van der Waals surface area contributed by atoms with Crippen LogP contribution in [0.2, 0.25) is 0 Å². The maximum Gasteiger partial charge on any atom is 0.338 e. The zero-order valence-electron chi connectivity index (χ0n) is 10.5. The maximum absolute atomic E-state index is 11.6. The molecule has 3 rings (SSSR count). The molecular weight excluding hydrogens is 212 g/mol. The first-order valence-electron chi connectivity index (χ1n) is 6.33. The third-order valence-corrected chi connectivity index (χ3v) is 4.52. The zero-order valence-corrected chi connectivity index (χ0v) is 10.5. The number of rotatable bonds is 0. The summed E-state index contributed by atoms with van der Waals surface area (Å²) in [5.41, 5.74) is 4.67. The Labute approximate surface area is 102 Å². The number of hydrogen-bond donors (Lipinski definition) is 0. The van der Waals surface area contributed by atoms with E-state index in [1.165, 1.54) is 30.4 Å². The van der Waals surface area contributed by atoms with Crippen LogP contribution in [0.3, 0.4) is 0 Å². The van der Waals surface area contributed by atoms with E-state index in [1.54, 1.807) is 0 Å². The fraction of sp³-hybridized carbons (Fsp3) is 0.533. The van der Waals surface area contributed by atoms with Crippen molar-refractivity contribution in [3.63, 3.8) is 0 Å². The van der Waals surface area contributed by atoms with Crippen LogP contribution in [-0.2, 0) is 9.53 Å². The highest BCUT2D eigenvalue weighted by molar-refractivity contribution is 5.96. The van der Waals surface area contributed by atoms with Crippen LogP contribution in [0, 0.1) is 5.41 Å². The van der Waals surface area contributed by atoms with Gasteiger partial charge in [0.1, 0.15) is 6.10 Å². The summed E-state index contributed by atoms with van der Waals surface area (Å²) in [6.45, 7) is 8.35. The number of esters is 1. The lowest BCUT2D eigenvalue weighted by Crippen LogP contribution is -2.32. The van der Waals surface area contributed by atoms with Gasteiger partial charge in [-0.1, -0.05) is 25.2 Å². The van der Waals surface area contributed by atoms with Crippen LogP contribution in [0.1, 0.15) is 39.5 Å². The molecule has 0 aromatic carbocycles. The monoisotopic (exact) mass is 230 g/mol. The molecule has 0 saturated carbocycles. The summed E-state index contributed by atoms with van der Waals surface area (Å²) in [6, 6.07) is 0. The first-order valence-corrected chi connectivity index (χ1v) is 6.33. The summed E-state index contributed by atoms with van der Waals surface area (Å²) in [7, 11) is 0. The fourth-order valence-corrected chi connectivity index (χ4v) is 3.51. The lowest BCUT2D eigenvalue weighted by molar-refractivity contribution is -0.139. The normalized spacial score (nSPS) is 36.4. The molecule has 0 N–H and O–H groups in total. The molecule has 0 spiro atoms. The van der Waals surface area contributed by atoms with Crippen molar-refractivity contribution >= 4 is 5.97 Å². The predicted molar refractivity (Wildman–Crippen MR) is 66.4 cm³/mol. The van der Waals surface area contributed by atoms with E-state index in [0.717, 1.165) is 12.0 Å². The Morgan fingerprint density at radius 1 is 1.53 bits per heavy atom. The average Bonchev–Trinajstić information content (AvgIpc) is 2.52. The summed E-state index contributed by atoms with van der Waals surface area (Å²) in [5.74, 6) is -0.234. The van der Waals surface area contributed by atoms with Gasteiger partial charge in [-0.15, -0.1) is 0 Å². The highest BCUT2D eigenvalue weighted by Gasteiger charge is 2.45. The highest BCUT2D eigenvalue weighted by Crippen LogP contribution is 2.51. The smallest absolute Gasteiger partial charge is 0.338 e. The van der Waals surface area contributed by atoms with Gasteiger partial charge in [0.15, 0.2) is 0 Å². The van der Waals surface area contributed by atoms with Crippen molar-refractivity contribution in [3.05, 3.63) is 34.9 Å². The standard InChI is InChI=1S/C15H18O2/c1-9-5-4-6-15(3)8-13-11(7-12(9)15)10(2)14(16)17-13/h7,13H,2,4-6,8H2,1,3H3. The fourth-order valence-electron chi connectivity index (χ4n) is 3.51. The lowest BCUT2D eigenvalue weighted by atomic mass is 9.64. The van der Waals surface area contributed by atoms with Crippen molar-refractivity contribution in [2.75, 3.05) is 0 Å². The minimum Gasteiger partial charge on any atom is -0.454 e. The molecule has 1 heterocycles. The molecule has 2 nitrogen and oxygen atoms in total. The Hall–Kier alpha value is -1.31. The zero-order chi connectivity index (χ0) is 12.2. The van der Waals surface area contributed by atoms with E-state index >= 15 is 0 Å². The van der Waals surface area contributed by atoms with Crippen LogP contribution >= 0.6 is 0 Å². The number of fused-ring (bicyclic) bond motifs is 2. The molecule has 0 amide bonds. The van der Waals surface area contributed by atoms with Crippen LogP contribution < -0.4 is 0 Å². The van der Waals surface area contributed by atoms with Crippen molar-refractivity contribution in [2.45, 2.75) is 45.6 Å². The molecule has 90 valence electrons. The topological polar surface area (TPSA) is 26.3 Å². The van der Waals surface area contributed by atoms with Gasteiger partial charge in [0, 0.05) is 5.57 Å². The van der Waals surface area contributed by atoms with Gasteiger partial charge in [-0.05, 0) is 43.6 Å². The second-order valence-electron chi connectivity index (χ2n) is 5.78. The molecule has 1 saturated heterocycles. The Morgan fingerprint density at radius 2 is 2.29 bits per heavy atom. The maximum atomic E-state index is 11.6. The molecule has 17 heavy (non-hydrogen) atoms. The van der Waals surface area contributed by atoms with Gasteiger partial charge in [0.05, 0.1) is 5.57 Å². The SMILES string of the molecule is C=C1C(=O)OC2CC3(C)CCCC(C)=C3C=C12. The largest absolute Gasteiger partial charge is 0.454 e. The van der Waals surface area contributed by atoms with E-state index in [9.17, 15) is 4.79 Å². The first kappa shape index (κ1) is 10.8. The molecule has 3 aliphatic rings. The van der Waals surface area contributed by atoms with Crippen molar-refractivity contribution < 1.29 is 9.53 Å². The van der Waals surface area contributed by atoms with Gasteiger partial charge in [-0.3, -0.25) is 0 Å². The number of allylic oxidation sites excluding steroid dienone is 3. The van der Waals surface area contributed by atoms with Gasteiger partial charge >= 0.3 is 5.97 Å². The summed E-state index contributed by atoms with van der Waals surface area (Å²) in [6.07, 6.45) is 6.68. The Bertz CT molecular complexity index is 481. The molecule has 0 bridgehead atoms. The van der Waals surface area contributed by atoms with Crippen molar-refractivity contribution in [1.29, 1.82) is 0 Å². The van der Waals surface area contributed by atoms with Crippen LogP contribution in [0.5, 0.6) is 0 Å². The summed E-state index contributed by atoms with van der Waals surface area (Å²) in [4.78, 5) is 11.6. The quantitative estimate of drug-likeness (QED) is 0.471. The molecule has 2 unspecified atom stereocenters. The van der Waals surface area contributed by atoms with Crippen LogP contribution in [-0.4, -0.2) is 12.1 Å². The van der Waals surface area contributed by atoms with Gasteiger partial charge in [-0.2, -0.15) is 0 Å². The Balaban J connectivity index is 2.12. The number of hydrogen-bond acceptors (Lipinski definition) is 2. The van der Waals surface area contributed by atoms with Crippen molar-refractivity contribution in [3.8, 4) is 0 Å². The number of carbonyl (C=O) groups excluding carboxylic acids is 1. The molecule has 0 radical (unpaired) electrons. The minimum atomic E-state index is -0.234. The Morgan fingerprint density at radius 3 is 3.06 bits per heavy atom. The molecule has 2 heteroatoms. The summed E-state index contributed by atoms with van der Waals surface area (Å²) in [5, 5.41) is 0. The lowest BCUT2D eigenvalue weighted by Gasteiger charge is -2.41. The average molecular weight is 230 g/mol. The molecular formula is C15H18O2. The Kier molecular flexibility index (Phi) is 2.13. The summed E-state index contributed by atoms with van der Waals surface area (Å²) < 4.78 is 5.40. The first-order chi connectivity index (χ1) is 8.01. The second kappa shape index (κ2) is 3.34. The van der Waals surface area contributed by atoms with E-state index in [2.05, 4.69) is 26.5 Å². The van der Waals surface area contributed by atoms with Crippen LogP contribution in [0.15, 0.2) is 34.9 Å². The molecule has 2 aliphatic carbocycles. The van der Waals surface area contributed by atoms with E-state index in [-0.39, 0.29) is 17.5 Å². The molecule has 0 aromatic rings. The molecule has 2 atom stereocenters. The van der Waals surface area contributed by atoms with E-state index < -0.39 is 0 Å². The molecule has 1 fully saturated rings. The van der Waals surface area contributed by atoms with Crippen LogP contribution in [0.25, 0.3) is 0 Å². The van der Waals surface area contributed by atoms with Gasteiger partial charge < -0.3 is 4.74 Å². The van der Waals surface area contributed by atoms with Crippen molar-refractivity contribution in [1.82, 2.24) is 0 Å². The minimum absolute atomic E-state index is 0.0466. The van der Waals surface area contributed by atoms with E-state index in [1.807, 2.05) is 0 Å². The van der Waals surface area contributed by atoms with E-state index in [4.69, 9.17) is 4.74 Å². The number of ether oxygens (including phenoxy) is 1. The van der Waals surface area contributed by atoms with Crippen LogP contribution in [0.4, 0.5) is 0 Å². The second-order valence-corrected chi connectivity index (χ2v) is 5.78.